The van der Waals surface area contributed by atoms with Crippen LogP contribution in [0.5, 0.6) is 0 Å². The average Bonchev–Trinajstić information content (AvgIpc) is 2.46. The van der Waals surface area contributed by atoms with E-state index in [-0.39, 0.29) is 24.6 Å². The minimum absolute atomic E-state index is 0.0947. The van der Waals surface area contributed by atoms with Crippen molar-refractivity contribution in [1.82, 2.24) is 5.32 Å². The number of carbonyl (C=O) groups is 1. The van der Waals surface area contributed by atoms with E-state index in [9.17, 15) is 23.1 Å². The summed E-state index contributed by atoms with van der Waals surface area (Å²) in [6.45, 7) is 1.72. The molecular weight excluding hydrogens is 299 g/mol. The van der Waals surface area contributed by atoms with Gasteiger partial charge in [0.1, 0.15) is 6.10 Å². The minimum atomic E-state index is -4.46. The summed E-state index contributed by atoms with van der Waals surface area (Å²) in [7, 11) is 0. The molecule has 124 valence electrons. The van der Waals surface area contributed by atoms with E-state index >= 15 is 0 Å². The smallest absolute Gasteiger partial charge is 0.396 e. The van der Waals surface area contributed by atoms with Crippen molar-refractivity contribution in [2.24, 2.45) is 0 Å². The Balaban J connectivity index is 2.68. The monoisotopic (exact) mass is 319 g/mol. The van der Waals surface area contributed by atoms with E-state index in [2.05, 4.69) is 5.32 Å². The zero-order valence-electron chi connectivity index (χ0n) is 12.2. The number of hydrogen-bond donors (Lipinski definition) is 3. The van der Waals surface area contributed by atoms with Gasteiger partial charge in [0.15, 0.2) is 0 Å². The Bertz CT molecular complexity index is 491. The van der Waals surface area contributed by atoms with E-state index in [1.807, 2.05) is 6.92 Å². The maximum absolute atomic E-state index is 12.6. The van der Waals surface area contributed by atoms with E-state index in [0.29, 0.717) is 12.8 Å². The molecule has 7 heteroatoms. The molecule has 0 spiro atoms. The Morgan fingerprint density at radius 1 is 1.36 bits per heavy atom. The van der Waals surface area contributed by atoms with Crippen LogP contribution >= 0.6 is 0 Å². The molecule has 0 aliphatic rings. The number of nitrogens with one attached hydrogen (secondary N) is 1. The topological polar surface area (TPSA) is 69.6 Å². The van der Waals surface area contributed by atoms with Gasteiger partial charge >= 0.3 is 6.18 Å². The van der Waals surface area contributed by atoms with E-state index in [0.717, 1.165) is 12.1 Å². The first-order valence-electron chi connectivity index (χ1n) is 7.03. The van der Waals surface area contributed by atoms with E-state index in [1.54, 1.807) is 0 Å². The maximum Gasteiger partial charge on any atom is 0.416 e. The van der Waals surface area contributed by atoms with Gasteiger partial charge in [-0.05, 0) is 24.5 Å². The largest absolute Gasteiger partial charge is 0.416 e. The van der Waals surface area contributed by atoms with Gasteiger partial charge in [0.05, 0.1) is 5.56 Å². The molecule has 1 aromatic carbocycles. The SMILES string of the molecule is CC[C@H](CCO)NC(=O)[C@@H](O)Cc1cccc(C(F)(F)F)c1. The fourth-order valence-corrected chi connectivity index (χ4v) is 2.02. The van der Waals surface area contributed by atoms with E-state index in [1.165, 1.54) is 12.1 Å². The van der Waals surface area contributed by atoms with Crippen molar-refractivity contribution in [3.63, 3.8) is 0 Å². The molecule has 4 nitrogen and oxygen atoms in total. The number of carbonyl (C=O) groups excluding carboxylic acids is 1. The number of amides is 1. The van der Waals surface area contributed by atoms with Gasteiger partial charge in [0.2, 0.25) is 5.91 Å². The lowest BCUT2D eigenvalue weighted by molar-refractivity contribution is -0.137. The van der Waals surface area contributed by atoms with Crippen molar-refractivity contribution in [3.8, 4) is 0 Å². The third-order valence-corrected chi connectivity index (χ3v) is 3.30. The van der Waals surface area contributed by atoms with E-state index < -0.39 is 23.8 Å². The molecule has 1 rings (SSSR count). The molecule has 0 saturated carbocycles. The van der Waals surface area contributed by atoms with Crippen molar-refractivity contribution in [2.45, 2.75) is 44.5 Å². The normalized spacial score (nSPS) is 14.5. The van der Waals surface area contributed by atoms with Crippen LogP contribution in [0.3, 0.4) is 0 Å². The Kier molecular flexibility index (Phi) is 6.83. The van der Waals surface area contributed by atoms with Gasteiger partial charge in [-0.3, -0.25) is 4.79 Å². The summed E-state index contributed by atoms with van der Waals surface area (Å²) in [5, 5.41) is 21.2. The second-order valence-corrected chi connectivity index (χ2v) is 5.04. The summed E-state index contributed by atoms with van der Waals surface area (Å²) in [5.74, 6) is -0.655. The van der Waals surface area contributed by atoms with Gasteiger partial charge in [-0.25, -0.2) is 0 Å². The molecule has 0 aliphatic carbocycles. The van der Waals surface area contributed by atoms with Gasteiger partial charge in [0, 0.05) is 19.1 Å². The lowest BCUT2D eigenvalue weighted by Gasteiger charge is -2.18. The molecule has 0 aromatic heterocycles. The molecule has 3 N–H and O–H groups in total. The quantitative estimate of drug-likeness (QED) is 0.719. The lowest BCUT2D eigenvalue weighted by Crippen LogP contribution is -2.42. The molecule has 0 heterocycles. The van der Waals surface area contributed by atoms with Crippen LogP contribution < -0.4 is 5.32 Å². The summed E-state index contributed by atoms with van der Waals surface area (Å²) in [4.78, 5) is 11.8. The highest BCUT2D eigenvalue weighted by molar-refractivity contribution is 5.81. The van der Waals surface area contributed by atoms with Crippen LogP contribution in [-0.4, -0.2) is 34.9 Å². The Morgan fingerprint density at radius 2 is 2.05 bits per heavy atom. The number of aliphatic hydroxyl groups excluding tert-OH is 2. The van der Waals surface area contributed by atoms with Crippen LogP contribution in [0.15, 0.2) is 24.3 Å². The van der Waals surface area contributed by atoms with Crippen molar-refractivity contribution in [2.75, 3.05) is 6.61 Å². The Labute approximate surface area is 127 Å². The molecule has 1 amide bonds. The summed E-state index contributed by atoms with van der Waals surface area (Å²) < 4.78 is 37.8. The predicted molar refractivity (Wildman–Crippen MR) is 75.1 cm³/mol. The molecule has 2 atom stereocenters. The Morgan fingerprint density at radius 3 is 2.59 bits per heavy atom. The fraction of sp³-hybridized carbons (Fsp3) is 0.533. The molecule has 22 heavy (non-hydrogen) atoms. The maximum atomic E-state index is 12.6. The summed E-state index contributed by atoms with van der Waals surface area (Å²) in [5.41, 5.74) is -0.586. The van der Waals surface area contributed by atoms with Gasteiger partial charge in [-0.15, -0.1) is 0 Å². The molecule has 1 aromatic rings. The van der Waals surface area contributed by atoms with Crippen LogP contribution in [0, 0.1) is 0 Å². The van der Waals surface area contributed by atoms with Gasteiger partial charge in [0.25, 0.3) is 0 Å². The predicted octanol–water partition coefficient (Wildman–Crippen LogP) is 1.89. The summed E-state index contributed by atoms with van der Waals surface area (Å²) >= 11 is 0. The van der Waals surface area contributed by atoms with Crippen LogP contribution in [-0.2, 0) is 17.4 Å². The molecule has 0 saturated heterocycles. The van der Waals surface area contributed by atoms with Crippen LogP contribution in [0.4, 0.5) is 13.2 Å². The zero-order chi connectivity index (χ0) is 16.8. The average molecular weight is 319 g/mol. The third-order valence-electron chi connectivity index (χ3n) is 3.30. The summed E-state index contributed by atoms with van der Waals surface area (Å²) in [6, 6.07) is 4.25. The summed E-state index contributed by atoms with van der Waals surface area (Å²) in [6.07, 6.45) is -5.15. The van der Waals surface area contributed by atoms with Crippen molar-refractivity contribution in [1.29, 1.82) is 0 Å². The van der Waals surface area contributed by atoms with Crippen LogP contribution in [0.25, 0.3) is 0 Å². The third kappa shape index (κ3) is 5.65. The highest BCUT2D eigenvalue weighted by Gasteiger charge is 2.30. The van der Waals surface area contributed by atoms with Crippen LogP contribution in [0.2, 0.25) is 0 Å². The van der Waals surface area contributed by atoms with Gasteiger partial charge in [-0.1, -0.05) is 25.1 Å². The molecule has 0 aliphatic heterocycles. The molecule has 0 radical (unpaired) electrons. The molecule has 0 fully saturated rings. The number of hydrogen-bond acceptors (Lipinski definition) is 3. The van der Waals surface area contributed by atoms with Gasteiger partial charge < -0.3 is 15.5 Å². The minimum Gasteiger partial charge on any atom is -0.396 e. The fourth-order valence-electron chi connectivity index (χ4n) is 2.02. The van der Waals surface area contributed by atoms with Gasteiger partial charge in [-0.2, -0.15) is 13.2 Å². The van der Waals surface area contributed by atoms with Crippen molar-refractivity contribution < 1.29 is 28.2 Å². The number of alkyl halides is 3. The second kappa shape index (κ2) is 8.14. The number of rotatable bonds is 7. The van der Waals surface area contributed by atoms with Crippen LogP contribution in [0.1, 0.15) is 30.9 Å². The van der Waals surface area contributed by atoms with Crippen molar-refractivity contribution in [3.05, 3.63) is 35.4 Å². The lowest BCUT2D eigenvalue weighted by atomic mass is 10.0. The first kappa shape index (κ1) is 18.4. The molecule has 0 bridgehead atoms. The highest BCUT2D eigenvalue weighted by atomic mass is 19.4. The number of aliphatic hydroxyl groups is 2. The standard InChI is InChI=1S/C15H20F3NO3/c1-2-12(6-7-20)19-14(22)13(21)9-10-4-3-5-11(8-10)15(16,17)18/h3-5,8,12-13,20-21H,2,6-7,9H2,1H3,(H,19,22)/t12-,13+/m1/s1. The van der Waals surface area contributed by atoms with E-state index in [4.69, 9.17) is 5.11 Å². The second-order valence-electron chi connectivity index (χ2n) is 5.04. The highest BCUT2D eigenvalue weighted by Crippen LogP contribution is 2.29. The molecular formula is C15H20F3NO3. The molecule has 0 unspecified atom stereocenters. The van der Waals surface area contributed by atoms with Crippen molar-refractivity contribution >= 4 is 5.91 Å². The number of halogens is 3. The Hall–Kier alpha value is -1.60. The first-order chi connectivity index (χ1) is 10.3. The first-order valence-corrected chi connectivity index (χ1v) is 7.03. The zero-order valence-corrected chi connectivity index (χ0v) is 12.2. The number of benzene rings is 1.